The zero-order valence-corrected chi connectivity index (χ0v) is 17.6. The molecular weight excluding hydrogens is 364 g/mol. The van der Waals surface area contributed by atoms with Gasteiger partial charge in [0.05, 0.1) is 6.54 Å². The van der Waals surface area contributed by atoms with Crippen LogP contribution in [0.25, 0.3) is 11.2 Å². The lowest BCUT2D eigenvalue weighted by Crippen LogP contribution is -2.37. The highest BCUT2D eigenvalue weighted by molar-refractivity contribution is 6.29. The number of hydrogen-bond acceptors (Lipinski definition) is 3. The van der Waals surface area contributed by atoms with Gasteiger partial charge in [-0.2, -0.15) is 4.98 Å². The number of aryl methyl sites for hydroxylation is 3. The van der Waals surface area contributed by atoms with Gasteiger partial charge in [-0.25, -0.2) is 4.79 Å². The molecule has 0 N–H and O–H groups in total. The second kappa shape index (κ2) is 6.37. The van der Waals surface area contributed by atoms with Crippen molar-refractivity contribution in [3.8, 4) is 0 Å². The lowest BCUT2D eigenvalue weighted by atomic mass is 9.84. The van der Waals surface area contributed by atoms with Gasteiger partial charge in [-0.05, 0) is 53.1 Å². The molecule has 3 aromatic rings. The molecule has 3 rings (SSSR count). The minimum absolute atomic E-state index is 0.0572. The third kappa shape index (κ3) is 3.12. The predicted octanol–water partition coefficient (Wildman–Crippen LogP) is 3.05. The Morgan fingerprint density at radius 3 is 2.11 bits per heavy atom. The minimum atomic E-state index is -0.421. The SMILES string of the molecule is Cc1cc(C(C)(C)C)cc(C)c1Cn1c(Cl)nc2c1c(=O)n(C)c(=O)n2C. The number of hydrogen-bond donors (Lipinski definition) is 0. The van der Waals surface area contributed by atoms with Crippen LogP contribution in [-0.2, 0) is 26.1 Å². The summed E-state index contributed by atoms with van der Waals surface area (Å²) in [6, 6.07) is 4.37. The van der Waals surface area contributed by atoms with E-state index in [9.17, 15) is 9.59 Å². The van der Waals surface area contributed by atoms with Crippen LogP contribution in [0.15, 0.2) is 21.7 Å². The van der Waals surface area contributed by atoms with Crippen molar-refractivity contribution in [2.24, 2.45) is 14.1 Å². The Kier molecular flexibility index (Phi) is 4.58. The summed E-state index contributed by atoms with van der Waals surface area (Å²) in [5.74, 6) is 0. The maximum absolute atomic E-state index is 12.7. The largest absolute Gasteiger partial charge is 0.332 e. The van der Waals surface area contributed by atoms with Crippen LogP contribution in [-0.4, -0.2) is 18.7 Å². The van der Waals surface area contributed by atoms with Crippen LogP contribution in [0, 0.1) is 13.8 Å². The number of halogens is 1. The summed E-state index contributed by atoms with van der Waals surface area (Å²) in [4.78, 5) is 29.1. The van der Waals surface area contributed by atoms with Crippen LogP contribution in [0.5, 0.6) is 0 Å². The van der Waals surface area contributed by atoms with Crippen molar-refractivity contribution in [1.82, 2.24) is 18.7 Å². The number of nitrogens with zero attached hydrogens (tertiary/aromatic N) is 4. The Bertz CT molecular complexity index is 1150. The maximum Gasteiger partial charge on any atom is 0.332 e. The number of imidazole rings is 1. The van der Waals surface area contributed by atoms with Crippen LogP contribution in [0.1, 0.15) is 43.0 Å². The average Bonchev–Trinajstić information content (AvgIpc) is 2.90. The van der Waals surface area contributed by atoms with E-state index in [4.69, 9.17) is 11.6 Å². The van der Waals surface area contributed by atoms with Gasteiger partial charge in [0.15, 0.2) is 11.2 Å². The first-order chi connectivity index (χ1) is 12.4. The first-order valence-electron chi connectivity index (χ1n) is 8.85. The Balaban J connectivity index is 2.24. The first-order valence-corrected chi connectivity index (χ1v) is 9.23. The molecule has 144 valence electrons. The normalized spacial score (nSPS) is 12.1. The molecule has 2 aromatic heterocycles. The highest BCUT2D eigenvalue weighted by atomic mass is 35.5. The molecular formula is C20H25ClN4O2. The van der Waals surface area contributed by atoms with Gasteiger partial charge < -0.3 is 4.57 Å². The molecule has 7 heteroatoms. The summed E-state index contributed by atoms with van der Waals surface area (Å²) >= 11 is 6.36. The molecule has 6 nitrogen and oxygen atoms in total. The lowest BCUT2D eigenvalue weighted by molar-refractivity contribution is 0.588. The van der Waals surface area contributed by atoms with E-state index in [0.29, 0.717) is 17.7 Å². The number of rotatable bonds is 2. The molecule has 0 unspecified atom stereocenters. The second-order valence-corrected chi connectivity index (χ2v) is 8.52. The van der Waals surface area contributed by atoms with Gasteiger partial charge in [0.1, 0.15) is 0 Å². The molecule has 0 atom stereocenters. The average molecular weight is 389 g/mol. The third-order valence-electron chi connectivity index (χ3n) is 5.18. The third-order valence-corrected chi connectivity index (χ3v) is 5.47. The van der Waals surface area contributed by atoms with E-state index in [1.54, 1.807) is 11.6 Å². The van der Waals surface area contributed by atoms with E-state index >= 15 is 0 Å². The summed E-state index contributed by atoms with van der Waals surface area (Å²) in [6.07, 6.45) is 0. The molecule has 0 aliphatic carbocycles. The first kappa shape index (κ1) is 19.4. The molecule has 0 amide bonds. The van der Waals surface area contributed by atoms with Gasteiger partial charge in [-0.1, -0.05) is 32.9 Å². The molecule has 2 heterocycles. The Morgan fingerprint density at radius 1 is 1.04 bits per heavy atom. The Hall–Kier alpha value is -2.34. The molecule has 0 radical (unpaired) electrons. The number of fused-ring (bicyclic) bond motifs is 1. The molecule has 0 bridgehead atoms. The molecule has 0 aliphatic rings. The summed E-state index contributed by atoms with van der Waals surface area (Å²) in [7, 11) is 3.05. The van der Waals surface area contributed by atoms with Crippen LogP contribution in [0.2, 0.25) is 5.28 Å². The van der Waals surface area contributed by atoms with Crippen molar-refractivity contribution < 1.29 is 0 Å². The van der Waals surface area contributed by atoms with Crippen molar-refractivity contribution in [3.05, 3.63) is 60.5 Å². The van der Waals surface area contributed by atoms with E-state index in [1.165, 1.54) is 17.2 Å². The van der Waals surface area contributed by atoms with Gasteiger partial charge >= 0.3 is 5.69 Å². The highest BCUT2D eigenvalue weighted by Gasteiger charge is 2.21. The van der Waals surface area contributed by atoms with Crippen LogP contribution in [0.3, 0.4) is 0 Å². The minimum Gasteiger partial charge on any atom is -0.304 e. The molecule has 27 heavy (non-hydrogen) atoms. The fourth-order valence-corrected chi connectivity index (χ4v) is 3.62. The summed E-state index contributed by atoms with van der Waals surface area (Å²) in [5.41, 5.74) is 4.52. The Labute approximate surface area is 163 Å². The second-order valence-electron chi connectivity index (χ2n) is 8.18. The predicted molar refractivity (Wildman–Crippen MR) is 109 cm³/mol. The molecule has 0 fully saturated rings. The standard InChI is InChI=1S/C20H25ClN4O2/c1-11-8-13(20(3,4)5)9-12(2)14(11)10-25-15-16(22-18(25)21)23(6)19(27)24(7)17(15)26/h8-9H,10H2,1-7H3. The van der Waals surface area contributed by atoms with Crippen molar-refractivity contribution in [3.63, 3.8) is 0 Å². The van der Waals surface area contributed by atoms with Crippen LogP contribution >= 0.6 is 11.6 Å². The maximum atomic E-state index is 12.7. The van der Waals surface area contributed by atoms with Crippen LogP contribution < -0.4 is 11.2 Å². The monoisotopic (exact) mass is 388 g/mol. The smallest absolute Gasteiger partial charge is 0.304 e. The summed E-state index contributed by atoms with van der Waals surface area (Å²) in [5, 5.41) is 0.196. The molecule has 0 saturated heterocycles. The zero-order valence-electron chi connectivity index (χ0n) is 16.8. The van der Waals surface area contributed by atoms with Crippen molar-refractivity contribution >= 4 is 22.8 Å². The van der Waals surface area contributed by atoms with Gasteiger partial charge in [0.2, 0.25) is 5.28 Å². The molecule has 0 saturated carbocycles. The lowest BCUT2D eigenvalue weighted by Gasteiger charge is -2.22. The highest BCUT2D eigenvalue weighted by Crippen LogP contribution is 2.28. The molecule has 0 aliphatic heterocycles. The number of benzene rings is 1. The topological polar surface area (TPSA) is 61.8 Å². The number of aromatic nitrogens is 4. The quantitative estimate of drug-likeness (QED) is 0.634. The Morgan fingerprint density at radius 2 is 1.59 bits per heavy atom. The molecule has 0 spiro atoms. The summed E-state index contributed by atoms with van der Waals surface area (Å²) in [6.45, 7) is 11.1. The van der Waals surface area contributed by atoms with Crippen LogP contribution in [0.4, 0.5) is 0 Å². The van der Waals surface area contributed by atoms with Crippen molar-refractivity contribution in [1.29, 1.82) is 0 Å². The fraction of sp³-hybridized carbons (Fsp3) is 0.450. The van der Waals surface area contributed by atoms with Crippen molar-refractivity contribution in [2.45, 2.75) is 46.6 Å². The van der Waals surface area contributed by atoms with E-state index in [1.807, 2.05) is 0 Å². The van der Waals surface area contributed by atoms with Gasteiger partial charge in [-0.15, -0.1) is 0 Å². The van der Waals surface area contributed by atoms with E-state index in [-0.39, 0.29) is 10.7 Å². The van der Waals surface area contributed by atoms with Gasteiger partial charge in [-0.3, -0.25) is 13.9 Å². The zero-order chi connectivity index (χ0) is 20.3. The molecule has 1 aromatic carbocycles. The van der Waals surface area contributed by atoms with E-state index < -0.39 is 11.2 Å². The van der Waals surface area contributed by atoms with Gasteiger partial charge in [0, 0.05) is 14.1 Å². The summed E-state index contributed by atoms with van der Waals surface area (Å²) < 4.78 is 4.12. The van der Waals surface area contributed by atoms with Crippen molar-refractivity contribution in [2.75, 3.05) is 0 Å². The van der Waals surface area contributed by atoms with E-state index in [0.717, 1.165) is 21.3 Å². The van der Waals surface area contributed by atoms with E-state index in [2.05, 4.69) is 51.7 Å². The van der Waals surface area contributed by atoms with Gasteiger partial charge in [0.25, 0.3) is 5.56 Å². The fourth-order valence-electron chi connectivity index (χ4n) is 3.40.